The van der Waals surface area contributed by atoms with Crippen molar-refractivity contribution in [2.45, 2.75) is 52.9 Å². The van der Waals surface area contributed by atoms with Gasteiger partial charge in [0, 0.05) is 114 Å². The Morgan fingerprint density at radius 2 is 0.356 bits per heavy atom. The largest absolute Gasteiger partial charge is 0.399 e. The van der Waals surface area contributed by atoms with Gasteiger partial charge in [-0.3, -0.25) is 0 Å². The van der Waals surface area contributed by atoms with Crippen molar-refractivity contribution < 1.29 is 0 Å². The molecule has 0 aliphatic heterocycles. The zero-order chi connectivity index (χ0) is 85.9. The van der Waals surface area contributed by atoms with Gasteiger partial charge in [0.25, 0.3) is 0 Å². The third-order valence-electron chi connectivity index (χ3n) is 17.4. The van der Waals surface area contributed by atoms with Crippen LogP contribution in [0.4, 0.5) is 114 Å². The highest BCUT2D eigenvalue weighted by molar-refractivity contribution is 5.61. The molecule has 0 bridgehead atoms. The summed E-state index contributed by atoms with van der Waals surface area (Å²) in [7, 11) is 0. The van der Waals surface area contributed by atoms with E-state index in [-0.39, 0.29) is 0 Å². The quantitative estimate of drug-likeness (QED) is 0.0565. The molecule has 0 amide bonds. The minimum atomic E-state index is 0.713. The van der Waals surface area contributed by atoms with Crippen LogP contribution in [0.3, 0.4) is 0 Å². The Balaban J connectivity index is 0.000000206. The van der Waals surface area contributed by atoms with Crippen LogP contribution in [-0.4, -0.2) is 0 Å². The third-order valence-corrected chi connectivity index (χ3v) is 17.4. The summed E-state index contributed by atoms with van der Waals surface area (Å²) in [5, 5.41) is 0. The summed E-state index contributed by atoms with van der Waals surface area (Å²) < 4.78 is 0. The molecule has 0 aliphatic carbocycles. The molecule has 0 aliphatic rings. The minimum Gasteiger partial charge on any atom is -0.399 e. The second kappa shape index (κ2) is 48.3. The predicted octanol–water partition coefficient (Wildman–Crippen LogP) is 17.4. The second-order valence-corrected chi connectivity index (χ2v) is 28.0. The summed E-state index contributed by atoms with van der Waals surface area (Å²) in [5.74, 6) is 0. The van der Waals surface area contributed by atoms with E-state index in [2.05, 4.69) is 42.5 Å². The first-order valence-corrected chi connectivity index (χ1v) is 37.9. The maximum Gasteiger partial charge on any atom is 0.0351 e. The third kappa shape index (κ3) is 36.6. The Morgan fingerprint density at radius 1 is 0.136 bits per heavy atom. The van der Waals surface area contributed by atoms with Crippen molar-refractivity contribution in [1.29, 1.82) is 0 Å². The molecule has 608 valence electrons. The lowest BCUT2D eigenvalue weighted by molar-refractivity contribution is 1.19. The Labute approximate surface area is 695 Å². The van der Waals surface area contributed by atoms with Crippen molar-refractivity contribution in [2.75, 3.05) is 115 Å². The number of hydrogen-bond acceptors (Lipinski definition) is 20. The van der Waals surface area contributed by atoms with Crippen molar-refractivity contribution in [3.05, 3.63) is 418 Å². The smallest absolute Gasteiger partial charge is 0.0351 e. The van der Waals surface area contributed by atoms with Crippen molar-refractivity contribution in [2.24, 2.45) is 0 Å². The highest BCUT2D eigenvalue weighted by atomic mass is 14.6. The van der Waals surface area contributed by atoms with Gasteiger partial charge in [0.1, 0.15) is 0 Å². The lowest BCUT2D eigenvalue weighted by atomic mass is 10.0. The molecule has 0 unspecified atom stereocenters. The highest BCUT2D eigenvalue weighted by Gasteiger charge is 2.05. The highest BCUT2D eigenvalue weighted by Crippen LogP contribution is 2.24. The van der Waals surface area contributed by atoms with Gasteiger partial charge >= 0.3 is 0 Å². The van der Waals surface area contributed by atoms with E-state index in [0.29, 0.717) is 11.4 Å². The first-order valence-electron chi connectivity index (χ1n) is 37.9. The van der Waals surface area contributed by atoms with E-state index in [1.165, 1.54) is 44.5 Å². The van der Waals surface area contributed by atoms with Gasteiger partial charge in [-0.15, -0.1) is 0 Å². The monoisotopic (exact) mass is 1570 g/mol. The fourth-order valence-electron chi connectivity index (χ4n) is 11.1. The molecule has 15 rings (SSSR count). The van der Waals surface area contributed by atoms with E-state index in [1.807, 2.05) is 245 Å². The number of rotatable bonds is 10. The van der Waals surface area contributed by atoms with Crippen LogP contribution in [0.5, 0.6) is 0 Å². The first kappa shape index (κ1) is 91.2. The lowest BCUT2D eigenvalue weighted by Crippen LogP contribution is -1.97. The number of benzene rings is 15. The van der Waals surface area contributed by atoms with Gasteiger partial charge in [-0.1, -0.05) is 140 Å². The molecule has 0 spiro atoms. The van der Waals surface area contributed by atoms with Crippen LogP contribution < -0.4 is 115 Å². The molecule has 0 aromatic heterocycles. The molecule has 20 nitrogen and oxygen atoms in total. The van der Waals surface area contributed by atoms with E-state index in [9.17, 15) is 0 Å². The molecule has 0 fully saturated rings. The van der Waals surface area contributed by atoms with E-state index < -0.39 is 0 Å². The number of anilines is 20. The summed E-state index contributed by atoms with van der Waals surface area (Å²) in [6.45, 7) is 5.84. The number of aryl methyl sites for hydroxylation is 3. The van der Waals surface area contributed by atoms with E-state index in [1.54, 1.807) is 78.9 Å². The molecule has 0 saturated carbocycles. The Hall–Kier alpha value is -15.7. The summed E-state index contributed by atoms with van der Waals surface area (Å²) in [5.41, 5.74) is 142. The number of nitrogens with two attached hydrogens (primary N) is 20. The molecule has 15 aromatic carbocycles. The van der Waals surface area contributed by atoms with Crippen molar-refractivity contribution >= 4 is 114 Å². The van der Waals surface area contributed by atoms with E-state index >= 15 is 0 Å². The fraction of sp³-hybridized carbons (Fsp3) is 0.0816. The fourth-order valence-corrected chi connectivity index (χ4v) is 11.1. The maximum absolute atomic E-state index is 5.88. The van der Waals surface area contributed by atoms with Crippen molar-refractivity contribution in [3.8, 4) is 0 Å². The molecule has 118 heavy (non-hydrogen) atoms. The van der Waals surface area contributed by atoms with Crippen LogP contribution in [-0.2, 0) is 32.1 Å². The second-order valence-electron chi connectivity index (χ2n) is 28.0. The number of nitrogen functional groups attached to an aromatic ring is 20. The van der Waals surface area contributed by atoms with Gasteiger partial charge < -0.3 is 115 Å². The van der Waals surface area contributed by atoms with Gasteiger partial charge in [-0.25, -0.2) is 0 Å². The molecule has 20 heteroatoms. The zero-order valence-electron chi connectivity index (χ0n) is 67.5. The van der Waals surface area contributed by atoms with Crippen LogP contribution in [0, 0.1) is 20.8 Å². The molecular weight excluding hydrogens is 1460 g/mol. The van der Waals surface area contributed by atoms with Gasteiger partial charge in [-0.05, 0) is 331 Å². The van der Waals surface area contributed by atoms with Crippen LogP contribution in [0.15, 0.2) is 346 Å². The lowest BCUT2D eigenvalue weighted by Gasteiger charge is -2.06. The van der Waals surface area contributed by atoms with Gasteiger partial charge in [0.2, 0.25) is 0 Å². The van der Waals surface area contributed by atoms with Crippen LogP contribution in [0.2, 0.25) is 0 Å². The van der Waals surface area contributed by atoms with E-state index in [0.717, 1.165) is 162 Å². The molecule has 40 N–H and O–H groups in total. The van der Waals surface area contributed by atoms with E-state index in [4.69, 9.17) is 115 Å². The minimum absolute atomic E-state index is 0.713. The molecule has 0 radical (unpaired) electrons. The summed E-state index contributed by atoms with van der Waals surface area (Å²) >= 11 is 0. The van der Waals surface area contributed by atoms with Crippen LogP contribution in [0.25, 0.3) is 0 Å². The Morgan fingerprint density at radius 3 is 0.669 bits per heavy atom. The molecule has 0 atom stereocenters. The van der Waals surface area contributed by atoms with Gasteiger partial charge in [0.05, 0.1) is 0 Å². The Bertz CT molecular complexity index is 5180. The summed E-state index contributed by atoms with van der Waals surface area (Å²) in [6, 6.07) is 110. The van der Waals surface area contributed by atoms with Crippen LogP contribution >= 0.6 is 0 Å². The van der Waals surface area contributed by atoms with Crippen molar-refractivity contribution in [3.63, 3.8) is 0 Å². The predicted molar refractivity (Wildman–Crippen MR) is 513 cm³/mol. The first-order chi connectivity index (χ1) is 56.4. The normalized spacial score (nSPS) is 9.82. The van der Waals surface area contributed by atoms with Gasteiger partial charge in [0.15, 0.2) is 0 Å². The molecule has 15 aromatic rings. The summed E-state index contributed by atoms with van der Waals surface area (Å²) in [6.07, 6.45) is 4.38. The average Bonchev–Trinajstić information content (AvgIpc) is 0.875. The Kier molecular flexibility index (Phi) is 37.3. The molecular formula is C98H116N20. The SMILES string of the molecule is Cc1cc(N)c(C)cc1N.Cc1cc(N)ccc1N.Nc1cc(N)cc(Cc2ccccc2)c1.Nc1ccc(Cc2ccc(N)cc2)cc1.Nc1ccc(Cc2cccc(N)c2)cc1.Nc1ccc(N)c(Cc2ccccc2)c1.Nc1ccc(N)cc1.Nc1ccc(N)cc1.Nc1cccc(Cc2cccc(N)c2)c1.Nc1cccc(N)c1. The van der Waals surface area contributed by atoms with Crippen LogP contribution in [0.1, 0.15) is 72.3 Å². The average molecular weight is 1570 g/mol. The zero-order valence-corrected chi connectivity index (χ0v) is 67.5. The standard InChI is InChI=1S/5C13H14N2.C8H12N2.C7H10N2.3C6H8N2/c14-12-5-1-10(2-6-12)9-11-3-7-13(15)8-4-11;14-12-5-1-3-10(8-12)7-11-4-2-6-13(15)9-11;14-12-6-4-10(5-7-12)8-11-2-1-3-13(15)9-11;14-12-7-11(8-13(15)9-12)6-10-4-2-1-3-5-10;14-12-6-7-13(15)11(9-12)8-10-4-2-1-3-5-10;1-5-3-8(10)6(2)4-7(5)9;1-5-4-6(8)2-3-7(5)9;2*7-5-1-2-6(8)4-3-5;7-5-2-1-3-6(8)4-5/h1-8H,9,14-15H2;1-6,8-9H,7,14-15H2;1-7,9H,8,14-15H2;1-5,7-9H,6,14-15H2;1-7,9H,8,14-15H2;3-4H,9-10H2,1-2H3;2-4H,8-9H2,1H3;3*1-4H,7-8H2. The number of hydrogen-bond donors (Lipinski definition) is 20. The molecule has 0 heterocycles. The topological polar surface area (TPSA) is 520 Å². The maximum atomic E-state index is 5.88. The molecule has 0 saturated heterocycles. The van der Waals surface area contributed by atoms with Crippen molar-refractivity contribution in [1.82, 2.24) is 0 Å². The van der Waals surface area contributed by atoms with Gasteiger partial charge in [-0.2, -0.15) is 0 Å². The summed E-state index contributed by atoms with van der Waals surface area (Å²) in [4.78, 5) is 0.